The fourth-order valence-corrected chi connectivity index (χ4v) is 1.06. The minimum absolute atomic E-state index is 0.588. The van der Waals surface area contributed by atoms with Crippen molar-refractivity contribution in [2.24, 2.45) is 4.99 Å². The summed E-state index contributed by atoms with van der Waals surface area (Å²) in [5.41, 5.74) is -1.32. The predicted octanol–water partition coefficient (Wildman–Crippen LogP) is 2.25. The SMILES string of the molecule is O=C=Nc1c(OC(F)(F)F)cccc1C(=O)O. The smallest absolute Gasteiger partial charge is 0.478 e. The predicted molar refractivity (Wildman–Crippen MR) is 47.9 cm³/mol. The molecule has 1 aromatic carbocycles. The van der Waals surface area contributed by atoms with Crippen LogP contribution in [-0.4, -0.2) is 23.5 Å². The fourth-order valence-electron chi connectivity index (χ4n) is 1.06. The van der Waals surface area contributed by atoms with Crippen LogP contribution in [0.4, 0.5) is 18.9 Å². The Labute approximate surface area is 92.1 Å². The van der Waals surface area contributed by atoms with Crippen molar-refractivity contribution in [2.75, 3.05) is 0 Å². The van der Waals surface area contributed by atoms with Gasteiger partial charge in [-0.15, -0.1) is 13.2 Å². The lowest BCUT2D eigenvalue weighted by atomic mass is 10.1. The number of para-hydroxylation sites is 1. The van der Waals surface area contributed by atoms with Gasteiger partial charge in [-0.2, -0.15) is 4.99 Å². The van der Waals surface area contributed by atoms with E-state index in [1.165, 1.54) is 0 Å². The van der Waals surface area contributed by atoms with E-state index in [9.17, 15) is 22.8 Å². The molecular weight excluding hydrogens is 243 g/mol. The van der Waals surface area contributed by atoms with Crippen LogP contribution in [0.15, 0.2) is 23.2 Å². The summed E-state index contributed by atoms with van der Waals surface area (Å²) in [4.78, 5) is 23.6. The van der Waals surface area contributed by atoms with Gasteiger partial charge < -0.3 is 9.84 Å². The van der Waals surface area contributed by atoms with Gasteiger partial charge >= 0.3 is 12.3 Å². The van der Waals surface area contributed by atoms with Crippen molar-refractivity contribution in [3.05, 3.63) is 23.8 Å². The zero-order chi connectivity index (χ0) is 13.1. The molecule has 0 saturated heterocycles. The summed E-state index contributed by atoms with van der Waals surface area (Å²) < 4.78 is 39.5. The Bertz CT molecular complexity index is 492. The van der Waals surface area contributed by atoms with Gasteiger partial charge in [0.1, 0.15) is 5.69 Å². The van der Waals surface area contributed by atoms with Crippen LogP contribution in [-0.2, 0) is 4.79 Å². The Morgan fingerprint density at radius 2 is 2.06 bits per heavy atom. The summed E-state index contributed by atoms with van der Waals surface area (Å²) in [7, 11) is 0. The normalized spacial score (nSPS) is 10.5. The van der Waals surface area contributed by atoms with Crippen molar-refractivity contribution < 1.29 is 32.6 Å². The molecule has 0 aliphatic heterocycles. The van der Waals surface area contributed by atoms with E-state index in [1.807, 2.05) is 0 Å². The number of nitrogens with zero attached hydrogens (tertiary/aromatic N) is 1. The summed E-state index contributed by atoms with van der Waals surface area (Å²) >= 11 is 0. The number of benzene rings is 1. The molecule has 0 saturated carbocycles. The fraction of sp³-hybridized carbons (Fsp3) is 0.111. The average Bonchev–Trinajstić information content (AvgIpc) is 2.18. The Hall–Kier alpha value is -2.34. The number of carboxylic acid groups (broad SMARTS) is 1. The number of aromatic carboxylic acids is 1. The zero-order valence-corrected chi connectivity index (χ0v) is 7.99. The van der Waals surface area contributed by atoms with E-state index < -0.39 is 29.3 Å². The highest BCUT2D eigenvalue weighted by Crippen LogP contribution is 2.34. The zero-order valence-electron chi connectivity index (χ0n) is 7.99. The molecule has 0 heterocycles. The number of hydrogen-bond acceptors (Lipinski definition) is 4. The molecule has 0 aromatic heterocycles. The second-order valence-electron chi connectivity index (χ2n) is 2.71. The van der Waals surface area contributed by atoms with Crippen molar-refractivity contribution >= 4 is 17.7 Å². The molecule has 0 fully saturated rings. The lowest BCUT2D eigenvalue weighted by Crippen LogP contribution is -2.17. The number of isocyanates is 1. The minimum atomic E-state index is -5.01. The molecule has 0 radical (unpaired) electrons. The number of rotatable bonds is 3. The van der Waals surface area contributed by atoms with Gasteiger partial charge in [0, 0.05) is 0 Å². The van der Waals surface area contributed by atoms with Gasteiger partial charge in [0.05, 0.1) is 5.56 Å². The highest BCUT2D eigenvalue weighted by atomic mass is 19.4. The molecule has 0 aliphatic carbocycles. The van der Waals surface area contributed by atoms with Crippen molar-refractivity contribution in [3.63, 3.8) is 0 Å². The summed E-state index contributed by atoms with van der Waals surface area (Å²) in [6.45, 7) is 0. The molecule has 90 valence electrons. The molecule has 5 nitrogen and oxygen atoms in total. The van der Waals surface area contributed by atoms with E-state index in [2.05, 4.69) is 9.73 Å². The third-order valence-electron chi connectivity index (χ3n) is 1.61. The molecule has 0 atom stereocenters. The highest BCUT2D eigenvalue weighted by Gasteiger charge is 2.33. The molecule has 0 amide bonds. The summed E-state index contributed by atoms with van der Waals surface area (Å²) in [6, 6.07) is 2.87. The lowest BCUT2D eigenvalue weighted by Gasteiger charge is -2.11. The number of ether oxygens (including phenoxy) is 1. The average molecular weight is 247 g/mol. The number of halogens is 3. The van der Waals surface area contributed by atoms with Crippen molar-refractivity contribution in [1.29, 1.82) is 0 Å². The second-order valence-corrected chi connectivity index (χ2v) is 2.71. The molecule has 0 bridgehead atoms. The third kappa shape index (κ3) is 3.32. The summed E-state index contributed by atoms with van der Waals surface area (Å²) in [5, 5.41) is 8.69. The van der Waals surface area contributed by atoms with E-state index in [-0.39, 0.29) is 0 Å². The highest BCUT2D eigenvalue weighted by molar-refractivity contribution is 5.95. The first-order chi connectivity index (χ1) is 7.85. The van der Waals surface area contributed by atoms with Crippen LogP contribution < -0.4 is 4.74 Å². The van der Waals surface area contributed by atoms with Gasteiger partial charge in [0.15, 0.2) is 5.75 Å². The van der Waals surface area contributed by atoms with Crippen LogP contribution in [0.25, 0.3) is 0 Å². The van der Waals surface area contributed by atoms with Crippen molar-refractivity contribution in [1.82, 2.24) is 0 Å². The molecular formula is C9H4F3NO4. The molecule has 17 heavy (non-hydrogen) atoms. The largest absolute Gasteiger partial charge is 0.573 e. The number of carboxylic acids is 1. The first-order valence-corrected chi connectivity index (χ1v) is 4.05. The van der Waals surface area contributed by atoms with Gasteiger partial charge in [0.25, 0.3) is 0 Å². The number of carbonyl (C=O) groups is 1. The Kier molecular flexibility index (Phi) is 3.49. The minimum Gasteiger partial charge on any atom is -0.478 e. The van der Waals surface area contributed by atoms with Crippen LogP contribution in [0, 0.1) is 0 Å². The van der Waals surface area contributed by atoms with E-state index in [0.29, 0.717) is 0 Å². The maximum atomic E-state index is 12.0. The second kappa shape index (κ2) is 4.67. The summed E-state index contributed by atoms with van der Waals surface area (Å²) in [5.74, 6) is -2.41. The maximum Gasteiger partial charge on any atom is 0.573 e. The number of carbonyl (C=O) groups excluding carboxylic acids is 1. The number of hydrogen-bond donors (Lipinski definition) is 1. The number of alkyl halides is 3. The maximum absolute atomic E-state index is 12.0. The van der Waals surface area contributed by atoms with Gasteiger partial charge in [-0.05, 0) is 12.1 Å². The van der Waals surface area contributed by atoms with Crippen molar-refractivity contribution in [2.45, 2.75) is 6.36 Å². The quantitative estimate of drug-likeness (QED) is 0.656. The van der Waals surface area contributed by atoms with Crippen LogP contribution in [0.1, 0.15) is 10.4 Å². The Balaban J connectivity index is 3.35. The number of aliphatic imine (C=N–C) groups is 1. The van der Waals surface area contributed by atoms with Crippen LogP contribution in [0.3, 0.4) is 0 Å². The van der Waals surface area contributed by atoms with Gasteiger partial charge in [-0.25, -0.2) is 9.59 Å². The summed E-state index contributed by atoms with van der Waals surface area (Å²) in [6.07, 6.45) is -4.04. The first kappa shape index (κ1) is 12.7. The standard InChI is InChI=1S/C9H4F3NO4/c10-9(11,12)17-6-3-1-2-5(8(15)16)7(6)13-4-14/h1-3H,(H,15,16). The Morgan fingerprint density at radius 3 is 2.53 bits per heavy atom. The van der Waals surface area contributed by atoms with Gasteiger partial charge in [0.2, 0.25) is 6.08 Å². The van der Waals surface area contributed by atoms with Crippen molar-refractivity contribution in [3.8, 4) is 5.75 Å². The topological polar surface area (TPSA) is 76.0 Å². The Morgan fingerprint density at radius 1 is 1.41 bits per heavy atom. The van der Waals surface area contributed by atoms with E-state index in [0.717, 1.165) is 24.3 Å². The van der Waals surface area contributed by atoms with Crippen LogP contribution in [0.5, 0.6) is 5.75 Å². The molecule has 0 aliphatic rings. The third-order valence-corrected chi connectivity index (χ3v) is 1.61. The van der Waals surface area contributed by atoms with Crippen LogP contribution >= 0.6 is 0 Å². The molecule has 0 unspecified atom stereocenters. The first-order valence-electron chi connectivity index (χ1n) is 4.05. The van der Waals surface area contributed by atoms with Crippen LogP contribution in [0.2, 0.25) is 0 Å². The van der Waals surface area contributed by atoms with Gasteiger partial charge in [-0.1, -0.05) is 6.07 Å². The molecule has 0 spiro atoms. The molecule has 1 N–H and O–H groups in total. The van der Waals surface area contributed by atoms with Gasteiger partial charge in [-0.3, -0.25) is 0 Å². The monoisotopic (exact) mass is 247 g/mol. The van der Waals surface area contributed by atoms with E-state index in [1.54, 1.807) is 0 Å². The van der Waals surface area contributed by atoms with E-state index >= 15 is 0 Å². The van der Waals surface area contributed by atoms with E-state index in [4.69, 9.17) is 5.11 Å². The molecule has 1 rings (SSSR count). The molecule has 8 heteroatoms. The lowest BCUT2D eigenvalue weighted by molar-refractivity contribution is -0.274. The molecule has 1 aromatic rings.